The Kier molecular flexibility index (Phi) is 4.39. The second-order valence-electron chi connectivity index (χ2n) is 4.42. The third-order valence-electron chi connectivity index (χ3n) is 2.94. The number of carbonyl (C=O) groups is 2. The molecule has 0 saturated heterocycles. The van der Waals surface area contributed by atoms with Crippen LogP contribution in [0.25, 0.3) is 0 Å². The van der Waals surface area contributed by atoms with Crippen molar-refractivity contribution < 1.29 is 23.8 Å². The van der Waals surface area contributed by atoms with Crippen LogP contribution in [-0.4, -0.2) is 30.3 Å². The smallest absolute Gasteiger partial charge is 0.315 e. The number of fused-ring (bicyclic) bond motifs is 1. The van der Waals surface area contributed by atoms with E-state index >= 15 is 0 Å². The SMILES string of the molecule is O=C(O)CCNC(=O)NC1CCOc2ccc(F)cc21. The van der Waals surface area contributed by atoms with Crippen LogP contribution in [0, 0.1) is 5.82 Å². The van der Waals surface area contributed by atoms with E-state index in [2.05, 4.69) is 10.6 Å². The van der Waals surface area contributed by atoms with Crippen LogP contribution in [0.5, 0.6) is 5.75 Å². The van der Waals surface area contributed by atoms with Gasteiger partial charge < -0.3 is 20.5 Å². The Labute approximate surface area is 114 Å². The highest BCUT2D eigenvalue weighted by Crippen LogP contribution is 2.32. The fourth-order valence-corrected chi connectivity index (χ4v) is 2.01. The number of benzene rings is 1. The van der Waals surface area contributed by atoms with Gasteiger partial charge in [-0.3, -0.25) is 4.79 Å². The number of ether oxygens (including phenoxy) is 1. The molecular formula is C13H15FN2O4. The molecule has 1 atom stereocenters. The topological polar surface area (TPSA) is 87.7 Å². The summed E-state index contributed by atoms with van der Waals surface area (Å²) in [6.07, 6.45) is 0.384. The number of urea groups is 1. The number of hydrogen-bond acceptors (Lipinski definition) is 3. The van der Waals surface area contributed by atoms with E-state index in [1.807, 2.05) is 0 Å². The standard InChI is InChI=1S/C13H15FN2O4/c14-8-1-2-11-9(7-8)10(4-6-20-11)16-13(19)15-5-3-12(17)18/h1-2,7,10H,3-6H2,(H,17,18)(H2,15,16,19). The van der Waals surface area contributed by atoms with Crippen molar-refractivity contribution in [2.45, 2.75) is 18.9 Å². The average molecular weight is 282 g/mol. The van der Waals surface area contributed by atoms with Gasteiger partial charge in [0, 0.05) is 18.5 Å². The van der Waals surface area contributed by atoms with E-state index in [-0.39, 0.29) is 19.0 Å². The number of rotatable bonds is 4. The summed E-state index contributed by atoms with van der Waals surface area (Å²) >= 11 is 0. The molecule has 1 aromatic carbocycles. The maximum Gasteiger partial charge on any atom is 0.315 e. The summed E-state index contributed by atoms with van der Waals surface area (Å²) in [4.78, 5) is 22.0. The van der Waals surface area contributed by atoms with Gasteiger partial charge in [-0.15, -0.1) is 0 Å². The van der Waals surface area contributed by atoms with Gasteiger partial charge in [0.1, 0.15) is 11.6 Å². The van der Waals surface area contributed by atoms with E-state index in [0.717, 1.165) is 0 Å². The Hall–Kier alpha value is -2.31. The van der Waals surface area contributed by atoms with Crippen molar-refractivity contribution >= 4 is 12.0 Å². The maximum absolute atomic E-state index is 13.2. The molecule has 6 nitrogen and oxygen atoms in total. The van der Waals surface area contributed by atoms with Crippen molar-refractivity contribution in [3.05, 3.63) is 29.6 Å². The third kappa shape index (κ3) is 3.59. The minimum atomic E-state index is -0.983. The van der Waals surface area contributed by atoms with Gasteiger partial charge in [-0.25, -0.2) is 9.18 Å². The summed E-state index contributed by atoms with van der Waals surface area (Å²) in [5.41, 5.74) is 0.588. The lowest BCUT2D eigenvalue weighted by molar-refractivity contribution is -0.136. The van der Waals surface area contributed by atoms with Gasteiger partial charge in [0.25, 0.3) is 0 Å². The molecule has 1 aliphatic rings. The molecule has 1 heterocycles. The lowest BCUT2D eigenvalue weighted by Crippen LogP contribution is -2.40. The molecule has 1 unspecified atom stereocenters. The summed E-state index contributed by atoms with van der Waals surface area (Å²) in [5.74, 6) is -0.829. The molecule has 20 heavy (non-hydrogen) atoms. The molecule has 0 radical (unpaired) electrons. The van der Waals surface area contributed by atoms with Gasteiger partial charge in [0.05, 0.1) is 19.1 Å². The van der Waals surface area contributed by atoms with Gasteiger partial charge in [-0.05, 0) is 18.2 Å². The predicted molar refractivity (Wildman–Crippen MR) is 68.0 cm³/mol. The summed E-state index contributed by atoms with van der Waals surface area (Å²) < 4.78 is 18.6. The van der Waals surface area contributed by atoms with E-state index in [1.165, 1.54) is 18.2 Å². The molecule has 2 rings (SSSR count). The first kappa shape index (κ1) is 14.1. The molecule has 0 bridgehead atoms. The van der Waals surface area contributed by atoms with E-state index < -0.39 is 17.8 Å². The van der Waals surface area contributed by atoms with Crippen LogP contribution in [0.3, 0.4) is 0 Å². The van der Waals surface area contributed by atoms with Crippen molar-refractivity contribution in [2.24, 2.45) is 0 Å². The number of carbonyl (C=O) groups excluding carboxylic acids is 1. The largest absolute Gasteiger partial charge is 0.493 e. The van der Waals surface area contributed by atoms with E-state index in [0.29, 0.717) is 24.3 Å². The van der Waals surface area contributed by atoms with Crippen molar-refractivity contribution in [1.29, 1.82) is 0 Å². The number of halogens is 1. The summed E-state index contributed by atoms with van der Waals surface area (Å²) in [5, 5.41) is 13.6. The summed E-state index contributed by atoms with van der Waals surface area (Å²) in [7, 11) is 0. The molecule has 2 amide bonds. The van der Waals surface area contributed by atoms with Gasteiger partial charge in [-0.2, -0.15) is 0 Å². The highest BCUT2D eigenvalue weighted by atomic mass is 19.1. The van der Waals surface area contributed by atoms with E-state index in [4.69, 9.17) is 9.84 Å². The zero-order valence-electron chi connectivity index (χ0n) is 10.7. The monoisotopic (exact) mass is 282 g/mol. The molecule has 108 valence electrons. The zero-order chi connectivity index (χ0) is 14.5. The third-order valence-corrected chi connectivity index (χ3v) is 2.94. The predicted octanol–water partition coefficient (Wildman–Crippen LogP) is 1.42. The van der Waals surface area contributed by atoms with Crippen molar-refractivity contribution in [3.8, 4) is 5.75 Å². The fraction of sp³-hybridized carbons (Fsp3) is 0.385. The van der Waals surface area contributed by atoms with Crippen LogP contribution in [0.2, 0.25) is 0 Å². The Morgan fingerprint density at radius 3 is 3.00 bits per heavy atom. The Morgan fingerprint density at radius 1 is 1.45 bits per heavy atom. The second kappa shape index (κ2) is 6.23. The zero-order valence-corrected chi connectivity index (χ0v) is 10.7. The molecular weight excluding hydrogens is 267 g/mol. The minimum Gasteiger partial charge on any atom is -0.493 e. The van der Waals surface area contributed by atoms with Gasteiger partial charge in [-0.1, -0.05) is 0 Å². The number of amides is 2. The van der Waals surface area contributed by atoms with Crippen molar-refractivity contribution in [2.75, 3.05) is 13.2 Å². The fourth-order valence-electron chi connectivity index (χ4n) is 2.01. The molecule has 3 N–H and O–H groups in total. The second-order valence-corrected chi connectivity index (χ2v) is 4.42. The van der Waals surface area contributed by atoms with Crippen molar-refractivity contribution in [3.63, 3.8) is 0 Å². The molecule has 0 spiro atoms. The number of aliphatic carboxylic acids is 1. The van der Waals surface area contributed by atoms with Crippen LogP contribution >= 0.6 is 0 Å². The van der Waals surface area contributed by atoms with E-state index in [1.54, 1.807) is 0 Å². The molecule has 0 aliphatic carbocycles. The van der Waals surface area contributed by atoms with Crippen LogP contribution in [0.1, 0.15) is 24.4 Å². The maximum atomic E-state index is 13.2. The number of hydrogen-bond donors (Lipinski definition) is 3. The highest BCUT2D eigenvalue weighted by molar-refractivity contribution is 5.75. The lowest BCUT2D eigenvalue weighted by atomic mass is 10.0. The molecule has 0 saturated carbocycles. The molecule has 0 fully saturated rings. The first-order chi connectivity index (χ1) is 9.56. The average Bonchev–Trinajstić information content (AvgIpc) is 2.39. The van der Waals surface area contributed by atoms with Crippen molar-refractivity contribution in [1.82, 2.24) is 10.6 Å². The number of carboxylic acid groups (broad SMARTS) is 1. The van der Waals surface area contributed by atoms with Crippen LogP contribution in [-0.2, 0) is 4.79 Å². The number of nitrogens with one attached hydrogen (secondary N) is 2. The van der Waals surface area contributed by atoms with Gasteiger partial charge in [0.2, 0.25) is 0 Å². The number of carboxylic acids is 1. The molecule has 7 heteroatoms. The summed E-state index contributed by atoms with van der Waals surface area (Å²) in [6, 6.07) is 3.33. The Bertz CT molecular complexity index is 521. The lowest BCUT2D eigenvalue weighted by Gasteiger charge is -2.26. The van der Waals surface area contributed by atoms with Crippen LogP contribution < -0.4 is 15.4 Å². The minimum absolute atomic E-state index is 0.0421. The Balaban J connectivity index is 1.96. The Morgan fingerprint density at radius 2 is 2.25 bits per heavy atom. The molecule has 1 aliphatic heterocycles. The quantitative estimate of drug-likeness (QED) is 0.779. The van der Waals surface area contributed by atoms with Gasteiger partial charge in [0.15, 0.2) is 0 Å². The normalized spacial score (nSPS) is 16.8. The molecule has 0 aromatic heterocycles. The van der Waals surface area contributed by atoms with Crippen LogP contribution in [0.4, 0.5) is 9.18 Å². The first-order valence-electron chi connectivity index (χ1n) is 6.24. The highest BCUT2D eigenvalue weighted by Gasteiger charge is 2.23. The van der Waals surface area contributed by atoms with E-state index in [9.17, 15) is 14.0 Å². The van der Waals surface area contributed by atoms with Crippen LogP contribution in [0.15, 0.2) is 18.2 Å². The van der Waals surface area contributed by atoms with Gasteiger partial charge >= 0.3 is 12.0 Å². The summed E-state index contributed by atoms with van der Waals surface area (Å²) in [6.45, 7) is 0.471. The molecule has 1 aromatic rings. The first-order valence-corrected chi connectivity index (χ1v) is 6.24.